The van der Waals surface area contributed by atoms with Crippen molar-refractivity contribution in [2.24, 2.45) is 5.41 Å². The lowest BCUT2D eigenvalue weighted by molar-refractivity contribution is 0.184. The minimum atomic E-state index is 0.480. The molecule has 1 aromatic rings. The van der Waals surface area contributed by atoms with Crippen LogP contribution in [0, 0.1) is 5.41 Å². The number of hydrogen-bond donors (Lipinski definition) is 1. The average Bonchev–Trinajstić information content (AvgIpc) is 2.95. The van der Waals surface area contributed by atoms with Crippen molar-refractivity contribution < 1.29 is 0 Å². The molecule has 0 aliphatic heterocycles. The van der Waals surface area contributed by atoms with Crippen molar-refractivity contribution in [2.45, 2.75) is 64.8 Å². The normalized spacial score (nSPS) is 19.1. The van der Waals surface area contributed by atoms with Crippen molar-refractivity contribution in [2.75, 3.05) is 6.54 Å². The van der Waals surface area contributed by atoms with Crippen LogP contribution in [0.1, 0.15) is 57.9 Å². The van der Waals surface area contributed by atoms with Gasteiger partial charge in [-0.3, -0.25) is 0 Å². The Kier molecular flexibility index (Phi) is 5.92. The maximum absolute atomic E-state index is 6.37. The summed E-state index contributed by atoms with van der Waals surface area (Å²) in [5.41, 5.74) is 1.77. The molecule has 1 nitrogen and oxygen atoms in total. The van der Waals surface area contributed by atoms with Gasteiger partial charge in [-0.25, -0.2) is 0 Å². The van der Waals surface area contributed by atoms with Gasteiger partial charge in [0.25, 0.3) is 0 Å². The summed E-state index contributed by atoms with van der Waals surface area (Å²) in [6, 6.07) is 8.88. The van der Waals surface area contributed by atoms with Crippen molar-refractivity contribution in [1.29, 1.82) is 0 Å². The first kappa shape index (κ1) is 15.9. The molecular weight excluding hydrogens is 266 g/mol. The molecule has 0 amide bonds. The molecule has 0 saturated heterocycles. The van der Waals surface area contributed by atoms with Crippen molar-refractivity contribution in [3.63, 3.8) is 0 Å². The van der Waals surface area contributed by atoms with Crippen LogP contribution >= 0.6 is 11.6 Å². The van der Waals surface area contributed by atoms with Gasteiger partial charge in [0.05, 0.1) is 0 Å². The van der Waals surface area contributed by atoms with E-state index in [-0.39, 0.29) is 0 Å². The summed E-state index contributed by atoms with van der Waals surface area (Å²) in [6.45, 7) is 5.71. The largest absolute Gasteiger partial charge is 0.313 e. The summed E-state index contributed by atoms with van der Waals surface area (Å²) in [5, 5.41) is 4.74. The molecule has 0 heterocycles. The molecular formula is C18H28ClN. The van der Waals surface area contributed by atoms with Crippen LogP contribution in [-0.2, 0) is 6.42 Å². The van der Waals surface area contributed by atoms with Gasteiger partial charge < -0.3 is 5.32 Å². The quantitative estimate of drug-likeness (QED) is 0.726. The summed E-state index contributed by atoms with van der Waals surface area (Å²) >= 11 is 6.37. The number of hydrogen-bond acceptors (Lipinski definition) is 1. The molecule has 1 aliphatic carbocycles. The highest BCUT2D eigenvalue weighted by molar-refractivity contribution is 6.31. The Balaban J connectivity index is 2.17. The predicted octanol–water partition coefficient (Wildman–Crippen LogP) is 5.22. The van der Waals surface area contributed by atoms with Gasteiger partial charge in [-0.1, -0.05) is 56.5 Å². The molecule has 20 heavy (non-hydrogen) atoms. The second-order valence-electron chi connectivity index (χ2n) is 6.23. The zero-order valence-corrected chi connectivity index (χ0v) is 13.7. The van der Waals surface area contributed by atoms with Gasteiger partial charge in [0.2, 0.25) is 0 Å². The first-order valence-electron chi connectivity index (χ1n) is 8.18. The molecule has 0 bridgehead atoms. The molecule has 112 valence electrons. The number of nitrogens with one attached hydrogen (secondary N) is 1. The highest BCUT2D eigenvalue weighted by atomic mass is 35.5. The fourth-order valence-electron chi connectivity index (χ4n) is 3.74. The number of rotatable bonds is 7. The molecule has 1 atom stereocenters. The van der Waals surface area contributed by atoms with Gasteiger partial charge in [-0.05, 0) is 55.7 Å². The molecule has 1 aliphatic rings. The van der Waals surface area contributed by atoms with Crippen molar-refractivity contribution >= 4 is 11.6 Å². The van der Waals surface area contributed by atoms with Crippen LogP contribution in [0.25, 0.3) is 0 Å². The minimum absolute atomic E-state index is 0.480. The second kappa shape index (κ2) is 7.47. The van der Waals surface area contributed by atoms with Crippen molar-refractivity contribution in [3.8, 4) is 0 Å². The Morgan fingerprint density at radius 2 is 1.90 bits per heavy atom. The third-order valence-corrected chi connectivity index (χ3v) is 5.43. The molecule has 0 spiro atoms. The molecule has 2 rings (SSSR count). The highest BCUT2D eigenvalue weighted by Crippen LogP contribution is 2.45. The molecule has 1 aromatic carbocycles. The van der Waals surface area contributed by atoms with Crippen LogP contribution in [0.5, 0.6) is 0 Å². The summed E-state index contributed by atoms with van der Waals surface area (Å²) in [5.74, 6) is 0. The second-order valence-corrected chi connectivity index (χ2v) is 6.63. The molecule has 1 unspecified atom stereocenters. The van der Waals surface area contributed by atoms with E-state index in [9.17, 15) is 0 Å². The van der Waals surface area contributed by atoms with Crippen molar-refractivity contribution in [1.82, 2.24) is 5.32 Å². The van der Waals surface area contributed by atoms with Gasteiger partial charge in [-0.15, -0.1) is 0 Å². The molecule has 1 N–H and O–H groups in total. The van der Waals surface area contributed by atoms with Crippen LogP contribution in [-0.4, -0.2) is 12.6 Å². The average molecular weight is 294 g/mol. The van der Waals surface area contributed by atoms with Crippen LogP contribution < -0.4 is 5.32 Å². The fourth-order valence-corrected chi connectivity index (χ4v) is 3.95. The molecule has 0 aromatic heterocycles. The molecule has 1 fully saturated rings. The summed E-state index contributed by atoms with van der Waals surface area (Å²) < 4.78 is 0. The Bertz CT molecular complexity index is 410. The topological polar surface area (TPSA) is 12.0 Å². The fraction of sp³-hybridized carbons (Fsp3) is 0.667. The van der Waals surface area contributed by atoms with Crippen LogP contribution in [0.2, 0.25) is 5.02 Å². The lowest BCUT2D eigenvalue weighted by atomic mass is 9.74. The van der Waals surface area contributed by atoms with Gasteiger partial charge >= 0.3 is 0 Å². The van der Waals surface area contributed by atoms with E-state index < -0.39 is 0 Å². The first-order chi connectivity index (χ1) is 9.72. The summed E-state index contributed by atoms with van der Waals surface area (Å²) in [7, 11) is 0. The number of halogens is 1. The van der Waals surface area contributed by atoms with Crippen LogP contribution in [0.4, 0.5) is 0 Å². The van der Waals surface area contributed by atoms with Gasteiger partial charge in [0, 0.05) is 11.1 Å². The Morgan fingerprint density at radius 3 is 2.50 bits per heavy atom. The maximum atomic E-state index is 6.37. The van der Waals surface area contributed by atoms with Gasteiger partial charge in [-0.2, -0.15) is 0 Å². The zero-order valence-electron chi connectivity index (χ0n) is 12.9. The van der Waals surface area contributed by atoms with E-state index in [1.165, 1.54) is 44.1 Å². The Hall–Kier alpha value is -0.530. The van der Waals surface area contributed by atoms with E-state index in [1.807, 2.05) is 12.1 Å². The van der Waals surface area contributed by atoms with E-state index in [4.69, 9.17) is 11.6 Å². The van der Waals surface area contributed by atoms with E-state index in [2.05, 4.69) is 31.3 Å². The number of benzene rings is 1. The van der Waals surface area contributed by atoms with Crippen LogP contribution in [0.15, 0.2) is 24.3 Å². The lowest BCUT2D eigenvalue weighted by Gasteiger charge is -2.38. The Labute approximate surface area is 129 Å². The van der Waals surface area contributed by atoms with Crippen molar-refractivity contribution in [3.05, 3.63) is 34.9 Å². The van der Waals surface area contributed by atoms with Gasteiger partial charge in [0.15, 0.2) is 0 Å². The van der Waals surface area contributed by atoms with E-state index in [1.54, 1.807) is 0 Å². The summed E-state index contributed by atoms with van der Waals surface area (Å²) in [4.78, 5) is 0. The Morgan fingerprint density at radius 1 is 1.20 bits per heavy atom. The van der Waals surface area contributed by atoms with Gasteiger partial charge in [0.1, 0.15) is 0 Å². The first-order valence-corrected chi connectivity index (χ1v) is 8.56. The lowest BCUT2D eigenvalue weighted by Crippen LogP contribution is -2.45. The van der Waals surface area contributed by atoms with E-state index >= 15 is 0 Å². The molecule has 0 radical (unpaired) electrons. The van der Waals surface area contributed by atoms with E-state index in [0.717, 1.165) is 18.0 Å². The standard InChI is InChI=1S/C18H28ClN/c1-3-13-20-17(18(4-2)11-7-8-12-18)14-15-9-5-6-10-16(15)19/h5-6,9-10,17,20H,3-4,7-8,11-14H2,1-2H3. The third-order valence-electron chi connectivity index (χ3n) is 5.07. The third kappa shape index (κ3) is 3.56. The summed E-state index contributed by atoms with van der Waals surface area (Å²) in [6.07, 6.45) is 9.05. The highest BCUT2D eigenvalue weighted by Gasteiger charge is 2.39. The molecule has 1 saturated carbocycles. The zero-order chi connectivity index (χ0) is 14.4. The van der Waals surface area contributed by atoms with Crippen LogP contribution in [0.3, 0.4) is 0 Å². The maximum Gasteiger partial charge on any atom is 0.0438 e. The predicted molar refractivity (Wildman–Crippen MR) is 88.4 cm³/mol. The SMILES string of the molecule is CCCNC(Cc1ccccc1Cl)C1(CC)CCCC1. The smallest absolute Gasteiger partial charge is 0.0438 e. The monoisotopic (exact) mass is 293 g/mol. The van der Waals surface area contributed by atoms with E-state index in [0.29, 0.717) is 11.5 Å². The molecule has 2 heteroatoms. The minimum Gasteiger partial charge on any atom is -0.313 e.